The van der Waals surface area contributed by atoms with E-state index in [9.17, 15) is 4.79 Å². The maximum atomic E-state index is 9.93. The molecule has 0 spiro atoms. The number of nitrogens with zero attached hydrogens (tertiary/aromatic N) is 1. The lowest BCUT2D eigenvalue weighted by Gasteiger charge is -2.32. The van der Waals surface area contributed by atoms with Crippen molar-refractivity contribution in [2.45, 2.75) is 25.6 Å². The summed E-state index contributed by atoms with van der Waals surface area (Å²) in [5, 5.41) is 0. The van der Waals surface area contributed by atoms with Gasteiger partial charge in [-0.1, -0.05) is 0 Å². The normalized spacial score (nSPS) is 12.3. The molecule has 0 aliphatic rings. The Balaban J connectivity index is 4.34. The smallest absolute Gasteiger partial charge is 0.394 e. The SMILES string of the molecule is CO[Si](OC)(OC)O[Si](C)(C)CCCN=C=O. The van der Waals surface area contributed by atoms with Gasteiger partial charge in [0, 0.05) is 21.3 Å². The van der Waals surface area contributed by atoms with Crippen LogP contribution in [0.2, 0.25) is 19.1 Å². The Morgan fingerprint density at radius 2 is 1.65 bits per heavy atom. The van der Waals surface area contributed by atoms with Crippen molar-refractivity contribution in [1.82, 2.24) is 0 Å². The maximum Gasteiger partial charge on any atom is 0.668 e. The van der Waals surface area contributed by atoms with Crippen LogP contribution in [0.5, 0.6) is 0 Å². The highest BCUT2D eigenvalue weighted by atomic mass is 28.5. The van der Waals surface area contributed by atoms with Crippen LogP contribution in [0, 0.1) is 0 Å². The molecule has 0 aliphatic carbocycles. The van der Waals surface area contributed by atoms with Crippen molar-refractivity contribution in [3.63, 3.8) is 0 Å². The monoisotopic (exact) mass is 279 g/mol. The predicted molar refractivity (Wildman–Crippen MR) is 67.8 cm³/mol. The molecule has 0 aromatic rings. The molecule has 0 fully saturated rings. The summed E-state index contributed by atoms with van der Waals surface area (Å²) in [6.45, 7) is 4.58. The molecule has 0 bridgehead atoms. The third-order valence-corrected chi connectivity index (χ3v) is 8.53. The lowest BCUT2D eigenvalue weighted by molar-refractivity contribution is 0.0478. The second-order valence-corrected chi connectivity index (χ2v) is 11.1. The molecule has 0 aromatic heterocycles. The second kappa shape index (κ2) is 7.88. The molecule has 0 amide bonds. The molecule has 0 rings (SSSR count). The number of hydrogen-bond donors (Lipinski definition) is 0. The van der Waals surface area contributed by atoms with Gasteiger partial charge in [-0.05, 0) is 25.6 Å². The standard InChI is InChI=1S/C9H21NO5Si2/c1-12-17(13-2,14-3)15-16(4,5)8-6-7-10-9-11/h6-8H2,1-5H3. The Bertz CT molecular complexity index is 256. The Morgan fingerprint density at radius 3 is 2.06 bits per heavy atom. The summed E-state index contributed by atoms with van der Waals surface area (Å²) >= 11 is 0. The maximum absolute atomic E-state index is 9.93. The number of aliphatic imine (C=N–C) groups is 1. The average molecular weight is 279 g/mol. The molecule has 100 valence electrons. The summed E-state index contributed by atoms with van der Waals surface area (Å²) in [5.74, 6) is 0. The first-order valence-corrected chi connectivity index (χ1v) is 10.1. The minimum atomic E-state index is -2.97. The van der Waals surface area contributed by atoms with Gasteiger partial charge in [-0.3, -0.25) is 0 Å². The summed E-state index contributed by atoms with van der Waals surface area (Å²) in [5.41, 5.74) is 0. The summed E-state index contributed by atoms with van der Waals surface area (Å²) in [6, 6.07) is 0.850. The van der Waals surface area contributed by atoms with Crippen molar-refractivity contribution in [2.24, 2.45) is 4.99 Å². The van der Waals surface area contributed by atoms with Crippen LogP contribution in [0.3, 0.4) is 0 Å². The summed E-state index contributed by atoms with van der Waals surface area (Å²) in [6.07, 6.45) is 2.31. The molecule has 0 saturated carbocycles. The number of isocyanates is 1. The van der Waals surface area contributed by atoms with Crippen LogP contribution in [0.1, 0.15) is 6.42 Å². The van der Waals surface area contributed by atoms with Gasteiger partial charge in [-0.25, -0.2) is 9.79 Å². The van der Waals surface area contributed by atoms with Crippen molar-refractivity contribution in [3.05, 3.63) is 0 Å². The minimum Gasteiger partial charge on any atom is -0.394 e. The Morgan fingerprint density at radius 1 is 1.12 bits per heavy atom. The lowest BCUT2D eigenvalue weighted by atomic mass is 10.5. The van der Waals surface area contributed by atoms with E-state index >= 15 is 0 Å². The molecule has 0 heterocycles. The molecule has 0 N–H and O–H groups in total. The molecule has 0 saturated heterocycles. The van der Waals surface area contributed by atoms with E-state index in [0.29, 0.717) is 6.54 Å². The molecule has 0 unspecified atom stereocenters. The van der Waals surface area contributed by atoms with Crippen LogP contribution in [-0.4, -0.2) is 51.3 Å². The van der Waals surface area contributed by atoms with Crippen molar-refractivity contribution in [2.75, 3.05) is 27.9 Å². The van der Waals surface area contributed by atoms with E-state index < -0.39 is 17.4 Å². The van der Waals surface area contributed by atoms with Gasteiger partial charge in [0.05, 0.1) is 6.54 Å². The second-order valence-electron chi connectivity index (χ2n) is 4.05. The molecule has 6 nitrogen and oxygen atoms in total. The van der Waals surface area contributed by atoms with Crippen molar-refractivity contribution in [3.8, 4) is 0 Å². The quantitative estimate of drug-likeness (QED) is 0.275. The van der Waals surface area contributed by atoms with E-state index in [0.717, 1.165) is 12.5 Å². The topological polar surface area (TPSA) is 66.3 Å². The van der Waals surface area contributed by atoms with Crippen LogP contribution < -0.4 is 0 Å². The molecule has 0 aliphatic heterocycles. The van der Waals surface area contributed by atoms with E-state index in [2.05, 4.69) is 18.1 Å². The molecular formula is C9H21NO5Si2. The fourth-order valence-electron chi connectivity index (χ4n) is 1.39. The van der Waals surface area contributed by atoms with E-state index in [1.807, 2.05) is 0 Å². The van der Waals surface area contributed by atoms with E-state index in [1.165, 1.54) is 27.4 Å². The molecule has 0 atom stereocenters. The zero-order valence-electron chi connectivity index (χ0n) is 11.1. The molecule has 8 heteroatoms. The van der Waals surface area contributed by atoms with Crippen LogP contribution in [-0.2, 0) is 22.2 Å². The third-order valence-electron chi connectivity index (χ3n) is 2.26. The Labute approximate surface area is 105 Å². The van der Waals surface area contributed by atoms with Gasteiger partial charge in [0.1, 0.15) is 0 Å². The summed E-state index contributed by atoms with van der Waals surface area (Å²) in [4.78, 5) is 13.4. The van der Waals surface area contributed by atoms with E-state index in [-0.39, 0.29) is 0 Å². The predicted octanol–water partition coefficient (Wildman–Crippen LogP) is 1.31. The van der Waals surface area contributed by atoms with Crippen molar-refractivity contribution < 1.29 is 22.2 Å². The van der Waals surface area contributed by atoms with Crippen molar-refractivity contribution in [1.29, 1.82) is 0 Å². The van der Waals surface area contributed by atoms with E-state index in [4.69, 9.17) is 17.4 Å². The Kier molecular flexibility index (Phi) is 7.72. The number of carbonyl (C=O) groups excluding carboxylic acids is 1. The van der Waals surface area contributed by atoms with Crippen LogP contribution in [0.15, 0.2) is 4.99 Å². The third kappa shape index (κ3) is 6.22. The van der Waals surface area contributed by atoms with Crippen molar-refractivity contribution >= 4 is 23.4 Å². The van der Waals surface area contributed by atoms with Gasteiger partial charge >= 0.3 is 9.05 Å². The fourth-order valence-corrected chi connectivity index (χ4v) is 7.02. The molecule has 0 radical (unpaired) electrons. The van der Waals surface area contributed by atoms with Gasteiger partial charge in [-0.15, -0.1) is 0 Å². The van der Waals surface area contributed by atoms with Gasteiger partial charge in [0.2, 0.25) is 6.08 Å². The van der Waals surface area contributed by atoms with Gasteiger partial charge in [0.25, 0.3) is 0 Å². The number of rotatable bonds is 9. The largest absolute Gasteiger partial charge is 0.668 e. The number of hydrogen-bond acceptors (Lipinski definition) is 6. The highest BCUT2D eigenvalue weighted by molar-refractivity contribution is 6.78. The summed E-state index contributed by atoms with van der Waals surface area (Å²) < 4.78 is 21.6. The Hall–Kier alpha value is -0.346. The first-order chi connectivity index (χ1) is 7.95. The van der Waals surface area contributed by atoms with E-state index in [1.54, 1.807) is 0 Å². The zero-order chi connectivity index (χ0) is 13.4. The average Bonchev–Trinajstić information content (AvgIpc) is 2.32. The van der Waals surface area contributed by atoms with Gasteiger partial charge < -0.3 is 17.4 Å². The molecular weight excluding hydrogens is 258 g/mol. The zero-order valence-corrected chi connectivity index (χ0v) is 13.1. The van der Waals surface area contributed by atoms with Crippen LogP contribution >= 0.6 is 0 Å². The first kappa shape index (κ1) is 16.7. The highest BCUT2D eigenvalue weighted by Crippen LogP contribution is 2.21. The fraction of sp³-hybridized carbons (Fsp3) is 0.889. The van der Waals surface area contributed by atoms with Crippen LogP contribution in [0.25, 0.3) is 0 Å². The minimum absolute atomic E-state index is 0.477. The van der Waals surface area contributed by atoms with Gasteiger partial charge in [0.15, 0.2) is 8.32 Å². The first-order valence-electron chi connectivity index (χ1n) is 5.34. The molecule has 0 aromatic carbocycles. The van der Waals surface area contributed by atoms with Gasteiger partial charge in [-0.2, -0.15) is 0 Å². The lowest BCUT2D eigenvalue weighted by Crippen LogP contribution is -2.54. The highest BCUT2D eigenvalue weighted by Gasteiger charge is 2.47. The molecule has 17 heavy (non-hydrogen) atoms. The summed E-state index contributed by atoms with van der Waals surface area (Å²) in [7, 11) is -0.379. The van der Waals surface area contributed by atoms with Crippen LogP contribution in [0.4, 0.5) is 0 Å².